The third-order valence-corrected chi connectivity index (χ3v) is 3.10. The van der Waals surface area contributed by atoms with Crippen LogP contribution in [0.5, 0.6) is 0 Å². The maximum absolute atomic E-state index is 11.9. The molecular formula is C16H15NO7. The Labute approximate surface area is 136 Å². The molecule has 126 valence electrons. The Kier molecular flexibility index (Phi) is 5.20. The molecule has 3 N–H and O–H groups in total. The van der Waals surface area contributed by atoms with E-state index in [0.29, 0.717) is 5.76 Å². The SMILES string of the molecule is CCOC(=O)c1cccc(NCc2ccc(C(=O)O)o2)c1C(=O)O. The van der Waals surface area contributed by atoms with Gasteiger partial charge in [0.05, 0.1) is 24.3 Å². The molecule has 0 spiro atoms. The van der Waals surface area contributed by atoms with Crippen LogP contribution < -0.4 is 5.32 Å². The number of carboxylic acid groups (broad SMARTS) is 2. The van der Waals surface area contributed by atoms with E-state index < -0.39 is 17.9 Å². The van der Waals surface area contributed by atoms with Crippen molar-refractivity contribution in [1.82, 2.24) is 0 Å². The number of hydrogen-bond donors (Lipinski definition) is 3. The standard InChI is InChI=1S/C16H15NO7/c1-2-23-16(22)10-4-3-5-11(13(10)15(20)21)17-8-9-6-7-12(24-9)14(18)19/h3-7,17H,2,8H2,1H3,(H,18,19)(H,20,21). The van der Waals surface area contributed by atoms with E-state index in [1.165, 1.54) is 30.3 Å². The van der Waals surface area contributed by atoms with E-state index in [1.54, 1.807) is 6.92 Å². The van der Waals surface area contributed by atoms with Gasteiger partial charge in [0.1, 0.15) is 5.76 Å². The third-order valence-electron chi connectivity index (χ3n) is 3.10. The number of benzene rings is 1. The molecule has 0 radical (unpaired) electrons. The lowest BCUT2D eigenvalue weighted by atomic mass is 10.1. The fraction of sp³-hybridized carbons (Fsp3) is 0.188. The molecule has 0 fully saturated rings. The molecule has 1 aromatic heterocycles. The van der Waals surface area contributed by atoms with Crippen molar-refractivity contribution in [1.29, 1.82) is 0 Å². The van der Waals surface area contributed by atoms with Crippen LogP contribution in [0, 0.1) is 0 Å². The number of aromatic carboxylic acids is 2. The number of carbonyl (C=O) groups excluding carboxylic acids is 1. The van der Waals surface area contributed by atoms with Gasteiger partial charge in [-0.1, -0.05) is 6.07 Å². The Hall–Kier alpha value is -3.29. The maximum Gasteiger partial charge on any atom is 0.371 e. The number of hydrogen-bond acceptors (Lipinski definition) is 6. The molecule has 8 heteroatoms. The Morgan fingerprint density at radius 3 is 2.46 bits per heavy atom. The van der Waals surface area contributed by atoms with Crippen molar-refractivity contribution in [3.63, 3.8) is 0 Å². The molecule has 0 bridgehead atoms. The number of rotatable bonds is 7. The smallest absolute Gasteiger partial charge is 0.371 e. The zero-order valence-electron chi connectivity index (χ0n) is 12.7. The van der Waals surface area contributed by atoms with E-state index in [0.717, 1.165) is 0 Å². The van der Waals surface area contributed by atoms with Crippen LogP contribution in [0.3, 0.4) is 0 Å². The van der Waals surface area contributed by atoms with Crippen LogP contribution in [0.15, 0.2) is 34.7 Å². The molecule has 0 aliphatic heterocycles. The molecule has 0 saturated heterocycles. The Morgan fingerprint density at radius 2 is 1.88 bits per heavy atom. The first-order chi connectivity index (χ1) is 11.4. The minimum atomic E-state index is -1.29. The van der Waals surface area contributed by atoms with Crippen LogP contribution >= 0.6 is 0 Å². The molecule has 2 aromatic rings. The lowest BCUT2D eigenvalue weighted by molar-refractivity contribution is 0.0514. The van der Waals surface area contributed by atoms with Gasteiger partial charge in [0, 0.05) is 5.69 Å². The zero-order valence-corrected chi connectivity index (χ0v) is 12.7. The highest BCUT2D eigenvalue weighted by molar-refractivity contribution is 6.06. The predicted octanol–water partition coefficient (Wildman–Crippen LogP) is 2.46. The van der Waals surface area contributed by atoms with Crippen LogP contribution in [-0.4, -0.2) is 34.7 Å². The predicted molar refractivity (Wildman–Crippen MR) is 82.4 cm³/mol. The Bertz CT molecular complexity index is 778. The lowest BCUT2D eigenvalue weighted by Gasteiger charge is -2.12. The molecule has 0 atom stereocenters. The highest BCUT2D eigenvalue weighted by Gasteiger charge is 2.21. The van der Waals surface area contributed by atoms with Crippen LogP contribution in [0.1, 0.15) is 44.0 Å². The summed E-state index contributed by atoms with van der Waals surface area (Å²) in [4.78, 5) is 34.2. The number of furan rings is 1. The van der Waals surface area contributed by atoms with E-state index >= 15 is 0 Å². The lowest BCUT2D eigenvalue weighted by Crippen LogP contribution is -2.14. The largest absolute Gasteiger partial charge is 0.478 e. The summed E-state index contributed by atoms with van der Waals surface area (Å²) < 4.78 is 9.93. The number of esters is 1. The van der Waals surface area contributed by atoms with E-state index in [1.807, 2.05) is 0 Å². The summed E-state index contributed by atoms with van der Waals surface area (Å²) in [5.74, 6) is -3.12. The van der Waals surface area contributed by atoms with Crippen LogP contribution in [0.2, 0.25) is 0 Å². The Balaban J connectivity index is 2.25. The van der Waals surface area contributed by atoms with Crippen LogP contribution in [0.25, 0.3) is 0 Å². The second-order valence-corrected chi connectivity index (χ2v) is 4.68. The van der Waals surface area contributed by atoms with Gasteiger partial charge in [-0.15, -0.1) is 0 Å². The summed E-state index contributed by atoms with van der Waals surface area (Å²) in [6.07, 6.45) is 0. The van der Waals surface area contributed by atoms with Crippen molar-refractivity contribution in [3.8, 4) is 0 Å². The van der Waals surface area contributed by atoms with Gasteiger partial charge in [0.2, 0.25) is 5.76 Å². The van der Waals surface area contributed by atoms with Gasteiger partial charge < -0.3 is 24.7 Å². The fourth-order valence-electron chi connectivity index (χ4n) is 2.08. The van der Waals surface area contributed by atoms with Crippen molar-refractivity contribution >= 4 is 23.6 Å². The highest BCUT2D eigenvalue weighted by Crippen LogP contribution is 2.22. The number of anilines is 1. The number of nitrogens with one attached hydrogen (secondary N) is 1. The molecule has 1 heterocycles. The quantitative estimate of drug-likeness (QED) is 0.660. The maximum atomic E-state index is 11.9. The van der Waals surface area contributed by atoms with Crippen LogP contribution in [0.4, 0.5) is 5.69 Å². The second-order valence-electron chi connectivity index (χ2n) is 4.68. The van der Waals surface area contributed by atoms with Gasteiger partial charge in [-0.05, 0) is 31.2 Å². The number of carboxylic acids is 2. The first-order valence-corrected chi connectivity index (χ1v) is 7.03. The minimum Gasteiger partial charge on any atom is -0.478 e. The highest BCUT2D eigenvalue weighted by atomic mass is 16.5. The minimum absolute atomic E-state index is 0.0554. The average molecular weight is 333 g/mol. The van der Waals surface area contributed by atoms with Gasteiger partial charge in [-0.2, -0.15) is 0 Å². The van der Waals surface area contributed by atoms with Crippen molar-refractivity contribution in [3.05, 3.63) is 53.0 Å². The molecule has 1 aromatic carbocycles. The van der Waals surface area contributed by atoms with Crippen molar-refractivity contribution in [2.45, 2.75) is 13.5 Å². The van der Waals surface area contributed by atoms with E-state index in [9.17, 15) is 19.5 Å². The number of ether oxygens (including phenoxy) is 1. The normalized spacial score (nSPS) is 10.2. The van der Waals surface area contributed by atoms with Gasteiger partial charge in [-0.3, -0.25) is 0 Å². The third kappa shape index (κ3) is 3.72. The summed E-state index contributed by atoms with van der Waals surface area (Å²) in [6.45, 7) is 1.80. The van der Waals surface area contributed by atoms with E-state index in [2.05, 4.69) is 5.32 Å². The molecule has 0 aliphatic carbocycles. The molecule has 0 amide bonds. The van der Waals surface area contributed by atoms with Crippen LogP contribution in [-0.2, 0) is 11.3 Å². The summed E-state index contributed by atoms with van der Waals surface area (Å²) in [7, 11) is 0. The molecule has 24 heavy (non-hydrogen) atoms. The van der Waals surface area contributed by atoms with Gasteiger partial charge in [0.15, 0.2) is 0 Å². The van der Waals surface area contributed by atoms with Crippen molar-refractivity contribution < 1.29 is 33.8 Å². The molecule has 0 unspecified atom stereocenters. The summed E-state index contributed by atoms with van der Waals surface area (Å²) in [5.41, 5.74) is -0.0951. The van der Waals surface area contributed by atoms with E-state index in [-0.39, 0.29) is 35.7 Å². The summed E-state index contributed by atoms with van der Waals surface area (Å²) >= 11 is 0. The second kappa shape index (κ2) is 7.32. The topological polar surface area (TPSA) is 126 Å². The first kappa shape index (κ1) is 17.1. The average Bonchev–Trinajstić information content (AvgIpc) is 3.01. The van der Waals surface area contributed by atoms with Gasteiger partial charge in [-0.25, -0.2) is 14.4 Å². The fourth-order valence-corrected chi connectivity index (χ4v) is 2.08. The van der Waals surface area contributed by atoms with Gasteiger partial charge in [0.25, 0.3) is 0 Å². The van der Waals surface area contributed by atoms with Crippen molar-refractivity contribution in [2.75, 3.05) is 11.9 Å². The Morgan fingerprint density at radius 1 is 1.12 bits per heavy atom. The van der Waals surface area contributed by atoms with E-state index in [4.69, 9.17) is 14.3 Å². The van der Waals surface area contributed by atoms with Gasteiger partial charge >= 0.3 is 17.9 Å². The van der Waals surface area contributed by atoms with Crippen molar-refractivity contribution in [2.24, 2.45) is 0 Å². The summed E-state index contributed by atoms with van der Waals surface area (Å²) in [6, 6.07) is 7.14. The monoisotopic (exact) mass is 333 g/mol. The molecular weight excluding hydrogens is 318 g/mol. The first-order valence-electron chi connectivity index (χ1n) is 7.03. The summed E-state index contributed by atoms with van der Waals surface area (Å²) in [5, 5.41) is 21.0. The molecule has 8 nitrogen and oxygen atoms in total. The zero-order chi connectivity index (χ0) is 17.7. The molecule has 2 rings (SSSR count). The molecule has 0 saturated carbocycles. The molecule has 0 aliphatic rings. The number of carbonyl (C=O) groups is 3.